The summed E-state index contributed by atoms with van der Waals surface area (Å²) >= 11 is 0. The molecule has 6 heteroatoms. The maximum Gasteiger partial charge on any atom is 0.251 e. The average molecular weight is 265 g/mol. The second kappa shape index (κ2) is 5.15. The van der Waals surface area contributed by atoms with Crippen molar-refractivity contribution in [1.29, 1.82) is 0 Å². The summed E-state index contributed by atoms with van der Waals surface area (Å²) in [6.07, 6.45) is 1.14. The minimum Gasteiger partial charge on any atom is -0.394 e. The van der Waals surface area contributed by atoms with Crippen LogP contribution in [0.15, 0.2) is 10.9 Å². The number of H-pyrrole nitrogens is 1. The van der Waals surface area contributed by atoms with Crippen molar-refractivity contribution in [2.24, 2.45) is 0 Å². The predicted molar refractivity (Wildman–Crippen MR) is 66.4 cm³/mol. The molecule has 0 aliphatic carbocycles. The highest BCUT2D eigenvalue weighted by molar-refractivity contribution is 5.38. The van der Waals surface area contributed by atoms with Gasteiger partial charge >= 0.3 is 0 Å². The second-order valence-corrected chi connectivity index (χ2v) is 4.52. The van der Waals surface area contributed by atoms with E-state index in [0.29, 0.717) is 11.1 Å². The minimum atomic E-state index is -1.21. The van der Waals surface area contributed by atoms with Gasteiger partial charge in [0.25, 0.3) is 5.56 Å². The summed E-state index contributed by atoms with van der Waals surface area (Å²) in [5, 5.41) is 28.7. The molecule has 0 spiro atoms. The largest absolute Gasteiger partial charge is 0.394 e. The highest BCUT2D eigenvalue weighted by Gasteiger charge is 2.43. The monoisotopic (exact) mass is 265 g/mol. The summed E-state index contributed by atoms with van der Waals surface area (Å²) < 4.78 is 5.39. The van der Waals surface area contributed by atoms with Crippen molar-refractivity contribution in [3.8, 4) is 12.3 Å². The number of aliphatic hydroxyl groups excluding tert-OH is 3. The normalized spacial score (nSPS) is 30.3. The number of pyridine rings is 1. The Morgan fingerprint density at radius 1 is 1.47 bits per heavy atom. The lowest BCUT2D eigenvalue weighted by Crippen LogP contribution is -2.32. The topological polar surface area (TPSA) is 103 Å². The Bertz CT molecular complexity index is 573. The fourth-order valence-corrected chi connectivity index (χ4v) is 2.16. The Morgan fingerprint density at radius 3 is 2.68 bits per heavy atom. The first-order valence-corrected chi connectivity index (χ1v) is 5.82. The van der Waals surface area contributed by atoms with Crippen molar-refractivity contribution >= 4 is 0 Å². The van der Waals surface area contributed by atoms with E-state index < -0.39 is 31.0 Å². The van der Waals surface area contributed by atoms with Gasteiger partial charge < -0.3 is 25.0 Å². The van der Waals surface area contributed by atoms with Gasteiger partial charge in [0.2, 0.25) is 0 Å². The van der Waals surface area contributed by atoms with E-state index >= 15 is 0 Å². The van der Waals surface area contributed by atoms with Gasteiger partial charge in [0.15, 0.2) is 0 Å². The maximum absolute atomic E-state index is 11.5. The van der Waals surface area contributed by atoms with Crippen LogP contribution in [-0.4, -0.2) is 45.2 Å². The first-order valence-electron chi connectivity index (χ1n) is 5.82. The molecule has 1 fully saturated rings. The molecule has 2 heterocycles. The molecule has 1 aromatic rings. The molecule has 1 saturated heterocycles. The number of hydrogen-bond donors (Lipinski definition) is 4. The zero-order valence-corrected chi connectivity index (χ0v) is 10.3. The van der Waals surface area contributed by atoms with E-state index in [4.69, 9.17) is 16.3 Å². The fraction of sp³-hybridized carbons (Fsp3) is 0.462. The Hall–Kier alpha value is -1.65. The van der Waals surface area contributed by atoms with Crippen molar-refractivity contribution in [2.75, 3.05) is 6.61 Å². The summed E-state index contributed by atoms with van der Waals surface area (Å²) in [5.41, 5.74) is 0.725. The molecule has 1 aromatic heterocycles. The van der Waals surface area contributed by atoms with E-state index in [9.17, 15) is 15.0 Å². The number of nitrogens with one attached hydrogen (secondary N) is 1. The molecule has 0 radical (unpaired) electrons. The zero-order valence-electron chi connectivity index (χ0n) is 10.3. The number of aryl methyl sites for hydroxylation is 1. The molecule has 1 aliphatic heterocycles. The van der Waals surface area contributed by atoms with Crippen LogP contribution in [0.2, 0.25) is 0 Å². The van der Waals surface area contributed by atoms with Crippen molar-refractivity contribution in [3.63, 3.8) is 0 Å². The Kier molecular flexibility index (Phi) is 3.73. The van der Waals surface area contributed by atoms with Crippen LogP contribution in [0.3, 0.4) is 0 Å². The molecule has 2 rings (SSSR count). The van der Waals surface area contributed by atoms with Gasteiger partial charge in [-0.2, -0.15) is 0 Å². The third-order valence-corrected chi connectivity index (χ3v) is 3.25. The Balaban J connectivity index is 2.46. The molecule has 0 bridgehead atoms. The SMILES string of the molecule is C#Cc1[nH]c(=O)c(C)cc1C1OC(CO)C(O)C1O. The van der Waals surface area contributed by atoms with Crippen LogP contribution >= 0.6 is 0 Å². The number of ether oxygens (including phenoxy) is 1. The zero-order chi connectivity index (χ0) is 14.2. The lowest BCUT2D eigenvalue weighted by atomic mass is 9.99. The Morgan fingerprint density at radius 2 is 2.16 bits per heavy atom. The fourth-order valence-electron chi connectivity index (χ4n) is 2.16. The second-order valence-electron chi connectivity index (χ2n) is 4.52. The van der Waals surface area contributed by atoms with E-state index in [-0.39, 0.29) is 11.3 Å². The van der Waals surface area contributed by atoms with Crippen LogP contribution < -0.4 is 5.56 Å². The molecule has 4 unspecified atom stereocenters. The Labute approximate surface area is 109 Å². The molecule has 6 nitrogen and oxygen atoms in total. The maximum atomic E-state index is 11.5. The lowest BCUT2D eigenvalue weighted by Gasteiger charge is -2.17. The molecule has 102 valence electrons. The quantitative estimate of drug-likeness (QED) is 0.504. The minimum absolute atomic E-state index is 0.199. The number of aliphatic hydroxyl groups is 3. The predicted octanol–water partition coefficient (Wildman–Crippen LogP) is -1.18. The van der Waals surface area contributed by atoms with E-state index in [0.717, 1.165) is 0 Å². The molecule has 0 amide bonds. The molecule has 19 heavy (non-hydrogen) atoms. The van der Waals surface area contributed by atoms with Crippen LogP contribution in [0.25, 0.3) is 0 Å². The average Bonchev–Trinajstić information content (AvgIpc) is 2.69. The van der Waals surface area contributed by atoms with Crippen LogP contribution in [0.5, 0.6) is 0 Å². The van der Waals surface area contributed by atoms with Gasteiger partial charge in [-0.25, -0.2) is 0 Å². The highest BCUT2D eigenvalue weighted by atomic mass is 16.6. The summed E-state index contributed by atoms with van der Waals surface area (Å²) in [5.74, 6) is 2.32. The molecular formula is C13H15NO5. The summed E-state index contributed by atoms with van der Waals surface area (Å²) in [4.78, 5) is 14.0. The van der Waals surface area contributed by atoms with Gasteiger partial charge in [0, 0.05) is 11.1 Å². The van der Waals surface area contributed by atoms with Crippen molar-refractivity contribution in [3.05, 3.63) is 33.2 Å². The van der Waals surface area contributed by atoms with Crippen LogP contribution in [0.4, 0.5) is 0 Å². The summed E-state index contributed by atoms with van der Waals surface area (Å²) in [6, 6.07) is 1.52. The number of hydrogen-bond acceptors (Lipinski definition) is 5. The molecule has 0 aromatic carbocycles. The summed E-state index contributed by atoms with van der Waals surface area (Å²) in [7, 11) is 0. The standard InChI is InChI=1S/C13H15NO5/c1-3-8-7(4-6(2)13(18)14-8)12-11(17)10(16)9(5-15)19-12/h1,4,9-12,15-17H,5H2,2H3,(H,14,18). The lowest BCUT2D eigenvalue weighted by molar-refractivity contribution is -0.0229. The van der Waals surface area contributed by atoms with Crippen LogP contribution in [-0.2, 0) is 4.74 Å². The van der Waals surface area contributed by atoms with Crippen molar-refractivity contribution in [1.82, 2.24) is 4.98 Å². The van der Waals surface area contributed by atoms with Gasteiger partial charge in [0.05, 0.1) is 12.3 Å². The number of rotatable bonds is 2. The molecule has 4 atom stereocenters. The number of aromatic nitrogens is 1. The van der Waals surface area contributed by atoms with Crippen LogP contribution in [0, 0.1) is 19.3 Å². The van der Waals surface area contributed by atoms with Crippen molar-refractivity contribution < 1.29 is 20.1 Å². The molecule has 4 N–H and O–H groups in total. The highest BCUT2D eigenvalue weighted by Crippen LogP contribution is 2.34. The van der Waals surface area contributed by atoms with E-state index in [1.165, 1.54) is 6.07 Å². The molecule has 1 aliphatic rings. The van der Waals surface area contributed by atoms with Gasteiger partial charge in [-0.1, -0.05) is 5.92 Å². The smallest absolute Gasteiger partial charge is 0.251 e. The van der Waals surface area contributed by atoms with Gasteiger partial charge in [-0.3, -0.25) is 4.79 Å². The molecule has 0 saturated carbocycles. The first kappa shape index (κ1) is 13.8. The van der Waals surface area contributed by atoms with Gasteiger partial charge in [-0.15, -0.1) is 6.42 Å². The van der Waals surface area contributed by atoms with E-state index in [1.807, 2.05) is 0 Å². The molecular weight excluding hydrogens is 250 g/mol. The number of terminal acetylenes is 1. The van der Waals surface area contributed by atoms with Crippen molar-refractivity contribution in [2.45, 2.75) is 31.3 Å². The summed E-state index contributed by atoms with van der Waals surface area (Å²) in [6.45, 7) is 1.19. The third-order valence-electron chi connectivity index (χ3n) is 3.25. The van der Waals surface area contributed by atoms with Crippen LogP contribution in [0.1, 0.15) is 22.9 Å². The van der Waals surface area contributed by atoms with E-state index in [1.54, 1.807) is 6.92 Å². The third kappa shape index (κ3) is 2.29. The van der Waals surface area contributed by atoms with Gasteiger partial charge in [0.1, 0.15) is 24.4 Å². The number of aromatic amines is 1. The van der Waals surface area contributed by atoms with Gasteiger partial charge in [-0.05, 0) is 13.0 Å². The first-order chi connectivity index (χ1) is 8.99. The van der Waals surface area contributed by atoms with E-state index in [2.05, 4.69) is 10.9 Å².